The SMILES string of the molecule is O=c1c(OCCO)c(-c2ccc(F)c(F)c2)oc2cc(O)cc(O)c12. The highest BCUT2D eigenvalue weighted by Gasteiger charge is 2.21. The van der Waals surface area contributed by atoms with Gasteiger partial charge in [0.05, 0.1) is 6.61 Å². The van der Waals surface area contributed by atoms with Gasteiger partial charge in [-0.3, -0.25) is 4.79 Å². The average molecular weight is 350 g/mol. The monoisotopic (exact) mass is 350 g/mol. The molecule has 0 radical (unpaired) electrons. The summed E-state index contributed by atoms with van der Waals surface area (Å²) < 4.78 is 37.4. The number of hydrogen-bond donors (Lipinski definition) is 3. The van der Waals surface area contributed by atoms with Crippen molar-refractivity contribution in [3.63, 3.8) is 0 Å². The van der Waals surface area contributed by atoms with Crippen LogP contribution < -0.4 is 10.2 Å². The molecule has 0 spiro atoms. The van der Waals surface area contributed by atoms with Gasteiger partial charge in [0.1, 0.15) is 29.1 Å². The van der Waals surface area contributed by atoms with Crippen LogP contribution >= 0.6 is 0 Å². The minimum absolute atomic E-state index is 0.00803. The van der Waals surface area contributed by atoms with Crippen molar-refractivity contribution in [2.75, 3.05) is 13.2 Å². The van der Waals surface area contributed by atoms with Gasteiger partial charge in [0, 0.05) is 17.7 Å². The Hall–Kier alpha value is -3.13. The topological polar surface area (TPSA) is 100 Å². The molecular weight excluding hydrogens is 338 g/mol. The lowest BCUT2D eigenvalue weighted by atomic mass is 10.1. The molecule has 130 valence electrons. The first-order chi connectivity index (χ1) is 11.9. The van der Waals surface area contributed by atoms with Gasteiger partial charge in [-0.25, -0.2) is 8.78 Å². The van der Waals surface area contributed by atoms with Crippen LogP contribution in [0.3, 0.4) is 0 Å². The molecule has 1 heterocycles. The summed E-state index contributed by atoms with van der Waals surface area (Å²) in [4.78, 5) is 12.6. The van der Waals surface area contributed by atoms with E-state index in [1.54, 1.807) is 0 Å². The predicted octanol–water partition coefficient (Wildman–Crippen LogP) is 2.52. The van der Waals surface area contributed by atoms with Crippen molar-refractivity contribution in [2.24, 2.45) is 0 Å². The Morgan fingerprint density at radius 2 is 1.84 bits per heavy atom. The Balaban J connectivity index is 2.35. The third kappa shape index (κ3) is 2.99. The number of aliphatic hydroxyl groups is 1. The maximum atomic E-state index is 13.5. The van der Waals surface area contributed by atoms with Crippen LogP contribution in [0.5, 0.6) is 17.2 Å². The van der Waals surface area contributed by atoms with Crippen LogP contribution in [0.4, 0.5) is 8.78 Å². The van der Waals surface area contributed by atoms with Crippen LogP contribution in [0.2, 0.25) is 0 Å². The summed E-state index contributed by atoms with van der Waals surface area (Å²) in [5.74, 6) is -3.74. The minimum atomic E-state index is -1.16. The molecule has 1 aromatic heterocycles. The van der Waals surface area contributed by atoms with Crippen LogP contribution in [0.15, 0.2) is 39.5 Å². The summed E-state index contributed by atoms with van der Waals surface area (Å²) in [5, 5.41) is 28.1. The van der Waals surface area contributed by atoms with Crippen molar-refractivity contribution in [1.29, 1.82) is 0 Å². The fraction of sp³-hybridized carbons (Fsp3) is 0.118. The van der Waals surface area contributed by atoms with Crippen LogP contribution in [-0.4, -0.2) is 28.5 Å². The number of phenols is 2. The van der Waals surface area contributed by atoms with Crippen molar-refractivity contribution in [3.8, 4) is 28.6 Å². The highest BCUT2D eigenvalue weighted by Crippen LogP contribution is 2.35. The van der Waals surface area contributed by atoms with Gasteiger partial charge in [0.2, 0.25) is 11.2 Å². The van der Waals surface area contributed by atoms with E-state index in [0.717, 1.165) is 24.3 Å². The normalized spacial score (nSPS) is 11.0. The number of phenolic OH excluding ortho intramolecular Hbond substituents is 2. The number of halogens is 2. The van der Waals surface area contributed by atoms with Gasteiger partial charge in [0.15, 0.2) is 17.4 Å². The smallest absolute Gasteiger partial charge is 0.239 e. The minimum Gasteiger partial charge on any atom is -0.508 e. The molecule has 3 N–H and O–H groups in total. The van der Waals surface area contributed by atoms with E-state index in [2.05, 4.69) is 0 Å². The van der Waals surface area contributed by atoms with E-state index < -0.39 is 29.4 Å². The third-order valence-corrected chi connectivity index (χ3v) is 3.44. The van der Waals surface area contributed by atoms with Crippen molar-refractivity contribution < 1.29 is 33.3 Å². The van der Waals surface area contributed by atoms with Crippen molar-refractivity contribution in [1.82, 2.24) is 0 Å². The molecule has 0 aliphatic rings. The molecule has 2 aromatic carbocycles. The van der Waals surface area contributed by atoms with E-state index >= 15 is 0 Å². The quantitative estimate of drug-likeness (QED) is 0.669. The molecule has 8 heteroatoms. The van der Waals surface area contributed by atoms with E-state index in [9.17, 15) is 23.8 Å². The van der Waals surface area contributed by atoms with Gasteiger partial charge in [0.25, 0.3) is 0 Å². The maximum Gasteiger partial charge on any atom is 0.239 e. The molecule has 3 rings (SSSR count). The second kappa shape index (κ2) is 6.40. The van der Waals surface area contributed by atoms with E-state index in [0.29, 0.717) is 0 Å². The molecule has 0 aliphatic heterocycles. The van der Waals surface area contributed by atoms with E-state index in [-0.39, 0.29) is 40.4 Å². The number of benzene rings is 2. The number of aliphatic hydroxyl groups excluding tert-OH is 1. The van der Waals surface area contributed by atoms with Gasteiger partial charge in [-0.1, -0.05) is 0 Å². The first kappa shape index (κ1) is 16.7. The molecule has 25 heavy (non-hydrogen) atoms. The van der Waals surface area contributed by atoms with Crippen LogP contribution in [0.25, 0.3) is 22.3 Å². The summed E-state index contributed by atoms with van der Waals surface area (Å²) >= 11 is 0. The lowest BCUT2D eigenvalue weighted by Gasteiger charge is -2.12. The first-order valence-corrected chi connectivity index (χ1v) is 7.14. The van der Waals surface area contributed by atoms with Gasteiger partial charge >= 0.3 is 0 Å². The number of ether oxygens (including phenoxy) is 1. The molecule has 0 fully saturated rings. The Morgan fingerprint density at radius 1 is 1.08 bits per heavy atom. The van der Waals surface area contributed by atoms with Crippen molar-refractivity contribution in [2.45, 2.75) is 0 Å². The largest absolute Gasteiger partial charge is 0.508 e. The van der Waals surface area contributed by atoms with Crippen LogP contribution in [0, 0.1) is 11.6 Å². The van der Waals surface area contributed by atoms with E-state index in [1.165, 1.54) is 6.07 Å². The number of hydrogen-bond acceptors (Lipinski definition) is 6. The zero-order valence-electron chi connectivity index (χ0n) is 12.6. The number of fused-ring (bicyclic) bond motifs is 1. The van der Waals surface area contributed by atoms with Gasteiger partial charge in [-0.15, -0.1) is 0 Å². The summed E-state index contributed by atoms with van der Waals surface area (Å²) in [6.07, 6.45) is 0. The molecule has 0 saturated heterocycles. The van der Waals surface area contributed by atoms with E-state index in [4.69, 9.17) is 14.3 Å². The summed E-state index contributed by atoms with van der Waals surface area (Å²) in [6, 6.07) is 4.89. The second-order valence-electron chi connectivity index (χ2n) is 5.13. The molecule has 0 aliphatic carbocycles. The molecule has 0 unspecified atom stereocenters. The second-order valence-corrected chi connectivity index (χ2v) is 5.13. The predicted molar refractivity (Wildman–Crippen MR) is 83.7 cm³/mol. The first-order valence-electron chi connectivity index (χ1n) is 7.14. The average Bonchev–Trinajstić information content (AvgIpc) is 2.55. The Labute approximate surface area is 139 Å². The molecule has 0 atom stereocenters. The summed E-state index contributed by atoms with van der Waals surface area (Å²) in [6.45, 7) is -0.665. The highest BCUT2D eigenvalue weighted by molar-refractivity contribution is 5.88. The summed E-state index contributed by atoms with van der Waals surface area (Å²) in [7, 11) is 0. The Bertz CT molecular complexity index is 1010. The molecule has 0 saturated carbocycles. The zero-order chi connectivity index (χ0) is 18.1. The molecule has 0 amide bonds. The highest BCUT2D eigenvalue weighted by atomic mass is 19.2. The molecule has 6 nitrogen and oxygen atoms in total. The van der Waals surface area contributed by atoms with Crippen molar-refractivity contribution >= 4 is 11.0 Å². The third-order valence-electron chi connectivity index (χ3n) is 3.44. The Kier molecular flexibility index (Phi) is 4.28. The zero-order valence-corrected chi connectivity index (χ0v) is 12.6. The van der Waals surface area contributed by atoms with Crippen LogP contribution in [0.1, 0.15) is 0 Å². The van der Waals surface area contributed by atoms with Gasteiger partial charge in [-0.05, 0) is 18.2 Å². The fourth-order valence-corrected chi connectivity index (χ4v) is 2.37. The van der Waals surface area contributed by atoms with Crippen LogP contribution in [-0.2, 0) is 0 Å². The van der Waals surface area contributed by atoms with Gasteiger partial charge in [-0.2, -0.15) is 0 Å². The fourth-order valence-electron chi connectivity index (χ4n) is 2.37. The van der Waals surface area contributed by atoms with Crippen molar-refractivity contribution in [3.05, 3.63) is 52.2 Å². The molecule has 0 bridgehead atoms. The number of aromatic hydroxyl groups is 2. The Morgan fingerprint density at radius 3 is 2.52 bits per heavy atom. The lowest BCUT2D eigenvalue weighted by Crippen LogP contribution is -2.13. The maximum absolute atomic E-state index is 13.5. The molecular formula is C17H12F2O6. The van der Waals surface area contributed by atoms with E-state index in [1.807, 2.05) is 0 Å². The van der Waals surface area contributed by atoms with Gasteiger partial charge < -0.3 is 24.5 Å². The number of rotatable bonds is 4. The molecule has 3 aromatic rings. The standard InChI is InChI=1S/C17H12F2O6/c18-10-2-1-8(5-11(10)19)16-17(24-4-3-20)15(23)14-12(22)6-9(21)7-13(14)25-16/h1-2,5-7,20-22H,3-4H2. The summed E-state index contributed by atoms with van der Waals surface area (Å²) in [5.41, 5.74) is -0.945. The lowest BCUT2D eigenvalue weighted by molar-refractivity contribution is 0.199.